The number of ether oxygens (including phenoxy) is 1. The highest BCUT2D eigenvalue weighted by Gasteiger charge is 2.17. The Morgan fingerprint density at radius 3 is 2.29 bits per heavy atom. The van der Waals surface area contributed by atoms with Gasteiger partial charge in [-0.15, -0.1) is 0 Å². The molecular formula is C33H37NO4. The zero-order valence-electron chi connectivity index (χ0n) is 22.4. The molecule has 1 N–H and O–H groups in total. The van der Waals surface area contributed by atoms with Crippen LogP contribution in [0.1, 0.15) is 66.6 Å². The average molecular weight is 512 g/mol. The molecule has 198 valence electrons. The third kappa shape index (κ3) is 7.34. The Hall–Kier alpha value is -3.86. The lowest BCUT2D eigenvalue weighted by molar-refractivity contribution is -0.137. The third-order valence-corrected chi connectivity index (χ3v) is 6.73. The number of rotatable bonds is 14. The molecule has 3 aromatic carbocycles. The molecule has 0 atom stereocenters. The Morgan fingerprint density at radius 1 is 0.868 bits per heavy atom. The van der Waals surface area contributed by atoms with Gasteiger partial charge in [-0.25, -0.2) is 0 Å². The van der Waals surface area contributed by atoms with Gasteiger partial charge in [0.05, 0.1) is 6.61 Å². The standard InChI is InChI=1S/C33H37NO4/c1-24(2)22-26-14-12-25(13-15-26)8-5-6-21-38-28-18-16-27(17-19-28)33(37)30-23-34(20-7-11-32(35)36)31-10-4-3-9-29(30)31/h3-4,9-10,12-19,23-24H,5-8,11,20-22H2,1-2H3,(H,35,36). The van der Waals surface area contributed by atoms with E-state index in [-0.39, 0.29) is 12.2 Å². The molecule has 4 aromatic rings. The van der Waals surface area contributed by atoms with Crippen LogP contribution in [0.2, 0.25) is 0 Å². The summed E-state index contributed by atoms with van der Waals surface area (Å²) in [5.41, 5.74) is 4.93. The van der Waals surface area contributed by atoms with Gasteiger partial charge >= 0.3 is 5.97 Å². The molecule has 0 aliphatic rings. The summed E-state index contributed by atoms with van der Waals surface area (Å²) in [6, 6.07) is 24.0. The minimum absolute atomic E-state index is 0.0517. The first-order valence-corrected chi connectivity index (χ1v) is 13.6. The van der Waals surface area contributed by atoms with Crippen molar-refractivity contribution in [3.63, 3.8) is 0 Å². The molecule has 38 heavy (non-hydrogen) atoms. The summed E-state index contributed by atoms with van der Waals surface area (Å²) in [4.78, 5) is 24.2. The number of hydrogen-bond acceptors (Lipinski definition) is 3. The summed E-state index contributed by atoms with van der Waals surface area (Å²) in [6.45, 7) is 5.68. The van der Waals surface area contributed by atoms with Crippen molar-refractivity contribution < 1.29 is 19.4 Å². The molecule has 0 spiro atoms. The van der Waals surface area contributed by atoms with E-state index in [0.29, 0.717) is 36.6 Å². The minimum Gasteiger partial charge on any atom is -0.494 e. The van der Waals surface area contributed by atoms with Crippen LogP contribution in [0.3, 0.4) is 0 Å². The van der Waals surface area contributed by atoms with Crippen LogP contribution in [0.15, 0.2) is 79.0 Å². The molecule has 0 aliphatic carbocycles. The highest BCUT2D eigenvalue weighted by Crippen LogP contribution is 2.25. The lowest BCUT2D eigenvalue weighted by Crippen LogP contribution is -2.03. The van der Waals surface area contributed by atoms with E-state index in [1.165, 1.54) is 11.1 Å². The average Bonchev–Trinajstić information content (AvgIpc) is 3.27. The molecule has 0 aliphatic heterocycles. The third-order valence-electron chi connectivity index (χ3n) is 6.73. The highest BCUT2D eigenvalue weighted by atomic mass is 16.5. The molecule has 0 unspecified atom stereocenters. The van der Waals surface area contributed by atoms with Crippen molar-refractivity contribution in [3.05, 3.63) is 101 Å². The second-order valence-electron chi connectivity index (χ2n) is 10.3. The maximum atomic E-state index is 13.3. The fourth-order valence-electron chi connectivity index (χ4n) is 4.81. The van der Waals surface area contributed by atoms with Gasteiger partial charge in [-0.2, -0.15) is 0 Å². The maximum Gasteiger partial charge on any atom is 0.303 e. The summed E-state index contributed by atoms with van der Waals surface area (Å²) >= 11 is 0. The molecule has 0 radical (unpaired) electrons. The van der Waals surface area contributed by atoms with Crippen LogP contribution in [0.5, 0.6) is 5.75 Å². The van der Waals surface area contributed by atoms with Gasteiger partial charge in [0.25, 0.3) is 0 Å². The van der Waals surface area contributed by atoms with E-state index in [2.05, 4.69) is 38.1 Å². The number of benzene rings is 3. The number of nitrogens with zero attached hydrogens (tertiary/aromatic N) is 1. The van der Waals surface area contributed by atoms with Gasteiger partial charge in [-0.3, -0.25) is 9.59 Å². The summed E-state index contributed by atoms with van der Waals surface area (Å²) in [6.07, 6.45) is 6.66. The summed E-state index contributed by atoms with van der Waals surface area (Å²) in [7, 11) is 0. The quantitative estimate of drug-likeness (QED) is 0.142. The molecule has 4 rings (SSSR count). The second kappa shape index (κ2) is 13.1. The maximum absolute atomic E-state index is 13.3. The Kier molecular flexibility index (Phi) is 9.36. The van der Waals surface area contributed by atoms with Gasteiger partial charge in [0.1, 0.15) is 5.75 Å². The summed E-state index contributed by atoms with van der Waals surface area (Å²) < 4.78 is 7.90. The molecule has 1 aromatic heterocycles. The second-order valence-corrected chi connectivity index (χ2v) is 10.3. The van der Waals surface area contributed by atoms with Crippen LogP contribution in [0.4, 0.5) is 0 Å². The van der Waals surface area contributed by atoms with Gasteiger partial charge < -0.3 is 14.4 Å². The number of para-hydroxylation sites is 1. The number of unbranched alkanes of at least 4 members (excludes halogenated alkanes) is 1. The summed E-state index contributed by atoms with van der Waals surface area (Å²) in [5.74, 6) is 0.570. The largest absolute Gasteiger partial charge is 0.494 e. The number of aliphatic carboxylic acids is 1. The van der Waals surface area contributed by atoms with E-state index in [1.807, 2.05) is 59.3 Å². The lowest BCUT2D eigenvalue weighted by Gasteiger charge is -2.08. The number of aryl methyl sites for hydroxylation is 2. The molecule has 0 fully saturated rings. The monoisotopic (exact) mass is 511 g/mol. The number of carbonyl (C=O) groups is 2. The molecule has 0 amide bonds. The molecule has 0 saturated carbocycles. The van der Waals surface area contributed by atoms with E-state index >= 15 is 0 Å². The van der Waals surface area contributed by atoms with E-state index in [0.717, 1.165) is 42.3 Å². The van der Waals surface area contributed by atoms with E-state index in [4.69, 9.17) is 9.84 Å². The van der Waals surface area contributed by atoms with Gasteiger partial charge in [0.2, 0.25) is 0 Å². The molecule has 5 heteroatoms. The van der Waals surface area contributed by atoms with Crippen molar-refractivity contribution in [2.24, 2.45) is 5.92 Å². The van der Waals surface area contributed by atoms with Crippen molar-refractivity contribution in [1.82, 2.24) is 4.57 Å². The van der Waals surface area contributed by atoms with E-state index < -0.39 is 5.97 Å². The molecule has 1 heterocycles. The van der Waals surface area contributed by atoms with Crippen LogP contribution in [-0.4, -0.2) is 28.0 Å². The number of hydrogen-bond donors (Lipinski definition) is 1. The van der Waals surface area contributed by atoms with Gasteiger partial charge in [-0.05, 0) is 79.5 Å². The van der Waals surface area contributed by atoms with Crippen LogP contribution < -0.4 is 4.74 Å². The fourth-order valence-corrected chi connectivity index (χ4v) is 4.81. The number of carboxylic acids is 1. The van der Waals surface area contributed by atoms with Crippen LogP contribution >= 0.6 is 0 Å². The van der Waals surface area contributed by atoms with Crippen molar-refractivity contribution in [2.75, 3.05) is 6.61 Å². The highest BCUT2D eigenvalue weighted by molar-refractivity contribution is 6.16. The zero-order chi connectivity index (χ0) is 26.9. The molecule has 0 bridgehead atoms. The number of aromatic nitrogens is 1. The first-order chi connectivity index (χ1) is 18.4. The van der Waals surface area contributed by atoms with Crippen molar-refractivity contribution >= 4 is 22.7 Å². The lowest BCUT2D eigenvalue weighted by atomic mass is 10.0. The predicted molar refractivity (Wildman–Crippen MR) is 152 cm³/mol. The molecule has 0 saturated heterocycles. The Bertz CT molecular complexity index is 1350. The smallest absolute Gasteiger partial charge is 0.303 e. The number of carbonyl (C=O) groups excluding carboxylic acids is 1. The Labute approximate surface area is 225 Å². The van der Waals surface area contributed by atoms with E-state index in [1.54, 1.807) is 0 Å². The number of carboxylic acid groups (broad SMARTS) is 1. The van der Waals surface area contributed by atoms with E-state index in [9.17, 15) is 9.59 Å². The van der Waals surface area contributed by atoms with Crippen molar-refractivity contribution in [3.8, 4) is 5.75 Å². The summed E-state index contributed by atoms with van der Waals surface area (Å²) in [5, 5.41) is 9.83. The Morgan fingerprint density at radius 2 is 1.58 bits per heavy atom. The van der Waals surface area contributed by atoms with Crippen LogP contribution in [-0.2, 0) is 24.2 Å². The molecule has 5 nitrogen and oxygen atoms in total. The van der Waals surface area contributed by atoms with Gasteiger partial charge in [-0.1, -0.05) is 56.3 Å². The SMILES string of the molecule is CC(C)Cc1ccc(CCCCOc2ccc(C(=O)c3cn(CCCC(=O)O)c4ccccc34)cc2)cc1. The van der Waals surface area contributed by atoms with Crippen molar-refractivity contribution in [2.45, 2.75) is 58.9 Å². The predicted octanol–water partition coefficient (Wildman–Crippen LogP) is 7.34. The number of ketones is 1. The van der Waals surface area contributed by atoms with Crippen LogP contribution in [0, 0.1) is 5.92 Å². The van der Waals surface area contributed by atoms with Gasteiger partial charge in [0.15, 0.2) is 5.78 Å². The van der Waals surface area contributed by atoms with Crippen LogP contribution in [0.25, 0.3) is 10.9 Å². The fraction of sp³-hybridized carbons (Fsp3) is 0.333. The van der Waals surface area contributed by atoms with Crippen molar-refractivity contribution in [1.29, 1.82) is 0 Å². The molecular weight excluding hydrogens is 474 g/mol. The minimum atomic E-state index is -0.813. The Balaban J connectivity index is 1.29. The zero-order valence-corrected chi connectivity index (χ0v) is 22.4. The number of fused-ring (bicyclic) bond motifs is 1. The normalized spacial score (nSPS) is 11.2. The first-order valence-electron chi connectivity index (χ1n) is 13.6. The van der Waals surface area contributed by atoms with Gasteiger partial charge in [0, 0.05) is 41.2 Å². The first kappa shape index (κ1) is 27.2. The topological polar surface area (TPSA) is 68.5 Å².